The highest BCUT2D eigenvalue weighted by atomic mass is 19.4. The first-order valence-electron chi connectivity index (χ1n) is 10.5. The fraction of sp³-hybridized carbons (Fsp3) is 0.435. The zero-order valence-electron chi connectivity index (χ0n) is 18.3. The fourth-order valence-electron chi connectivity index (χ4n) is 4.04. The smallest absolute Gasteiger partial charge is 0.390 e. The number of nitrogens with one attached hydrogen (secondary N) is 1. The van der Waals surface area contributed by atoms with E-state index < -0.39 is 17.3 Å². The lowest BCUT2D eigenvalue weighted by atomic mass is 9.94. The van der Waals surface area contributed by atoms with Crippen molar-refractivity contribution >= 4 is 22.4 Å². The average Bonchev–Trinajstić information content (AvgIpc) is 2.73. The largest absolute Gasteiger partial charge is 0.416 e. The molecule has 2 aromatic heterocycles. The van der Waals surface area contributed by atoms with Gasteiger partial charge in [-0.1, -0.05) is 12.1 Å². The number of aliphatic hydroxyl groups is 1. The summed E-state index contributed by atoms with van der Waals surface area (Å²) in [6.45, 7) is 6.73. The molecule has 170 valence electrons. The second kappa shape index (κ2) is 8.20. The van der Waals surface area contributed by atoms with Crippen LogP contribution in [0, 0.1) is 13.8 Å². The van der Waals surface area contributed by atoms with Gasteiger partial charge in [-0.15, -0.1) is 5.10 Å². The van der Waals surface area contributed by atoms with Crippen LogP contribution in [0.5, 0.6) is 0 Å². The summed E-state index contributed by atoms with van der Waals surface area (Å²) in [4.78, 5) is 6.69. The van der Waals surface area contributed by atoms with Gasteiger partial charge in [0.1, 0.15) is 5.82 Å². The van der Waals surface area contributed by atoms with E-state index in [-0.39, 0.29) is 12.1 Å². The van der Waals surface area contributed by atoms with Crippen molar-refractivity contribution in [3.05, 3.63) is 52.8 Å². The van der Waals surface area contributed by atoms with Gasteiger partial charge in [0.2, 0.25) is 0 Å². The zero-order chi connectivity index (χ0) is 23.1. The molecule has 0 saturated carbocycles. The Hall–Kier alpha value is -2.94. The number of alkyl halides is 3. The summed E-state index contributed by atoms with van der Waals surface area (Å²) >= 11 is 0. The molecule has 3 heterocycles. The van der Waals surface area contributed by atoms with E-state index in [1.54, 1.807) is 12.3 Å². The number of fused-ring (bicyclic) bond motifs is 1. The molecule has 0 spiro atoms. The molecule has 0 bridgehead atoms. The predicted octanol–water partition coefficient (Wildman–Crippen LogP) is 4.62. The number of piperidine rings is 1. The second-order valence-electron chi connectivity index (χ2n) is 8.65. The van der Waals surface area contributed by atoms with Crippen LogP contribution < -0.4 is 10.2 Å². The Morgan fingerprint density at radius 3 is 2.53 bits per heavy atom. The number of rotatable bonds is 4. The number of nitrogens with zero attached hydrogens (tertiary/aromatic N) is 4. The third-order valence-corrected chi connectivity index (χ3v) is 6.20. The minimum Gasteiger partial charge on any atom is -0.390 e. The molecule has 0 aliphatic carbocycles. The van der Waals surface area contributed by atoms with Gasteiger partial charge in [0.25, 0.3) is 0 Å². The lowest BCUT2D eigenvalue weighted by Crippen LogP contribution is -2.42. The van der Waals surface area contributed by atoms with Gasteiger partial charge >= 0.3 is 6.18 Å². The van der Waals surface area contributed by atoms with Crippen LogP contribution >= 0.6 is 0 Å². The van der Waals surface area contributed by atoms with Crippen LogP contribution in [-0.4, -0.2) is 39.0 Å². The Kier molecular flexibility index (Phi) is 5.70. The van der Waals surface area contributed by atoms with Crippen LogP contribution in [-0.2, 0) is 12.7 Å². The van der Waals surface area contributed by atoms with E-state index in [2.05, 4.69) is 25.4 Å². The van der Waals surface area contributed by atoms with Crippen LogP contribution in [0.1, 0.15) is 42.1 Å². The molecule has 1 fully saturated rings. The highest BCUT2D eigenvalue weighted by molar-refractivity contribution is 5.94. The van der Waals surface area contributed by atoms with Gasteiger partial charge in [-0.3, -0.25) is 0 Å². The Bertz CT molecular complexity index is 1140. The van der Waals surface area contributed by atoms with Gasteiger partial charge < -0.3 is 15.3 Å². The zero-order valence-corrected chi connectivity index (χ0v) is 18.3. The van der Waals surface area contributed by atoms with Crippen molar-refractivity contribution in [3.63, 3.8) is 0 Å². The molecular weight excluding hydrogens is 419 g/mol. The van der Waals surface area contributed by atoms with Crippen molar-refractivity contribution in [2.75, 3.05) is 23.3 Å². The normalized spacial score (nSPS) is 16.4. The topological polar surface area (TPSA) is 74.2 Å². The number of halogens is 3. The van der Waals surface area contributed by atoms with Crippen molar-refractivity contribution < 1.29 is 18.3 Å². The number of aromatic nitrogens is 3. The first-order chi connectivity index (χ1) is 15.0. The van der Waals surface area contributed by atoms with Crippen LogP contribution in [0.15, 0.2) is 30.5 Å². The third kappa shape index (κ3) is 4.48. The molecular formula is C23H26F3N5O. The number of hydrogen-bond donors (Lipinski definition) is 2. The molecule has 3 aromatic rings. The van der Waals surface area contributed by atoms with E-state index >= 15 is 0 Å². The summed E-state index contributed by atoms with van der Waals surface area (Å²) in [5.74, 6) is 1.27. The molecule has 4 rings (SSSR count). The average molecular weight is 445 g/mol. The molecule has 6 nitrogen and oxygen atoms in total. The molecule has 0 atom stereocenters. The van der Waals surface area contributed by atoms with Gasteiger partial charge in [-0.05, 0) is 56.9 Å². The van der Waals surface area contributed by atoms with Crippen molar-refractivity contribution in [3.8, 4) is 0 Å². The molecule has 1 aliphatic rings. The summed E-state index contributed by atoms with van der Waals surface area (Å²) in [7, 11) is 0. The number of benzene rings is 1. The van der Waals surface area contributed by atoms with E-state index in [9.17, 15) is 18.3 Å². The maximum absolute atomic E-state index is 13.2. The minimum atomic E-state index is -4.39. The van der Waals surface area contributed by atoms with Crippen LogP contribution in [0.25, 0.3) is 10.8 Å². The molecule has 9 heteroatoms. The highest BCUT2D eigenvalue weighted by Crippen LogP contribution is 2.34. The maximum Gasteiger partial charge on any atom is 0.416 e. The van der Waals surface area contributed by atoms with Crippen LogP contribution in [0.3, 0.4) is 0 Å². The number of pyridine rings is 1. The van der Waals surface area contributed by atoms with Crippen LogP contribution in [0.4, 0.5) is 24.8 Å². The second-order valence-corrected chi connectivity index (χ2v) is 8.65. The Balaban J connectivity index is 1.63. The Morgan fingerprint density at radius 1 is 1.12 bits per heavy atom. The third-order valence-electron chi connectivity index (χ3n) is 6.20. The summed E-state index contributed by atoms with van der Waals surface area (Å²) in [5, 5.41) is 23.5. The van der Waals surface area contributed by atoms with Crippen molar-refractivity contribution in [2.24, 2.45) is 0 Å². The van der Waals surface area contributed by atoms with Gasteiger partial charge in [0, 0.05) is 36.6 Å². The summed E-state index contributed by atoms with van der Waals surface area (Å²) in [5.41, 5.74) is 0.165. The first-order valence-corrected chi connectivity index (χ1v) is 10.5. The highest BCUT2D eigenvalue weighted by Gasteiger charge is 2.33. The lowest BCUT2D eigenvalue weighted by molar-refractivity contribution is -0.138. The first kappa shape index (κ1) is 22.3. The number of anilines is 2. The molecule has 0 radical (unpaired) electrons. The molecule has 0 amide bonds. The van der Waals surface area contributed by atoms with Crippen molar-refractivity contribution in [1.82, 2.24) is 15.2 Å². The maximum atomic E-state index is 13.2. The van der Waals surface area contributed by atoms with Gasteiger partial charge in [-0.2, -0.15) is 18.3 Å². The van der Waals surface area contributed by atoms with Gasteiger partial charge in [-0.25, -0.2) is 4.98 Å². The fourth-order valence-corrected chi connectivity index (χ4v) is 4.04. The van der Waals surface area contributed by atoms with Gasteiger partial charge in [0.05, 0.1) is 16.9 Å². The SMILES string of the molecule is Cc1c(CNc2nnc(C)c3cnc(N4CCC(C)(O)CC4)cc23)cccc1C(F)(F)F. The van der Waals surface area contributed by atoms with Crippen molar-refractivity contribution in [2.45, 2.75) is 51.9 Å². The van der Waals surface area contributed by atoms with E-state index in [0.29, 0.717) is 37.3 Å². The van der Waals surface area contributed by atoms with E-state index in [0.717, 1.165) is 28.4 Å². The quantitative estimate of drug-likeness (QED) is 0.610. The minimum absolute atomic E-state index is 0.187. The van der Waals surface area contributed by atoms with Crippen LogP contribution in [0.2, 0.25) is 0 Å². The molecule has 0 unspecified atom stereocenters. The van der Waals surface area contributed by atoms with Crippen molar-refractivity contribution in [1.29, 1.82) is 0 Å². The summed E-state index contributed by atoms with van der Waals surface area (Å²) in [6, 6.07) is 6.11. The Morgan fingerprint density at radius 2 is 1.84 bits per heavy atom. The number of hydrogen-bond acceptors (Lipinski definition) is 6. The molecule has 1 aliphatic heterocycles. The lowest BCUT2D eigenvalue weighted by Gasteiger charge is -2.36. The Labute approximate surface area is 184 Å². The number of aryl methyl sites for hydroxylation is 1. The summed E-state index contributed by atoms with van der Waals surface area (Å²) < 4.78 is 39.7. The van der Waals surface area contributed by atoms with E-state index in [1.165, 1.54) is 13.0 Å². The summed E-state index contributed by atoms with van der Waals surface area (Å²) in [6.07, 6.45) is -1.33. The molecule has 1 aromatic carbocycles. The monoisotopic (exact) mass is 445 g/mol. The molecule has 32 heavy (non-hydrogen) atoms. The molecule has 1 saturated heterocycles. The van der Waals surface area contributed by atoms with E-state index in [4.69, 9.17) is 0 Å². The molecule has 2 N–H and O–H groups in total. The van der Waals surface area contributed by atoms with Gasteiger partial charge in [0.15, 0.2) is 5.82 Å². The standard InChI is InChI=1S/C23H26F3N5O/c1-14-16(5-4-6-19(14)23(24,25)26)12-28-21-17-11-20(27-13-18(17)15(2)29-30-21)31-9-7-22(3,32)8-10-31/h4-6,11,13,32H,7-10,12H2,1-3H3,(H,28,30). The predicted molar refractivity (Wildman–Crippen MR) is 118 cm³/mol. The van der Waals surface area contributed by atoms with E-state index in [1.807, 2.05) is 19.9 Å².